The summed E-state index contributed by atoms with van der Waals surface area (Å²) in [5, 5.41) is 12.2. The zero-order valence-corrected chi connectivity index (χ0v) is 16.7. The number of amides is 2. The fourth-order valence-electron chi connectivity index (χ4n) is 3.84. The second kappa shape index (κ2) is 7.65. The molecule has 0 spiro atoms. The van der Waals surface area contributed by atoms with E-state index in [0.717, 1.165) is 32.2 Å². The Bertz CT molecular complexity index is 1030. The summed E-state index contributed by atoms with van der Waals surface area (Å²) in [5.41, 5.74) is 4.96. The molecular formula is C19H24N8O3. The fourth-order valence-corrected chi connectivity index (χ4v) is 3.84. The molecule has 5 rings (SSSR count). The second-order valence-electron chi connectivity index (χ2n) is 7.90. The van der Waals surface area contributed by atoms with E-state index in [1.54, 1.807) is 23.9 Å². The minimum absolute atomic E-state index is 0.0615. The summed E-state index contributed by atoms with van der Waals surface area (Å²) in [6.07, 6.45) is 7.68. The van der Waals surface area contributed by atoms with Crippen LogP contribution in [0, 0.1) is 0 Å². The van der Waals surface area contributed by atoms with Crippen LogP contribution in [0.25, 0.3) is 11.7 Å². The minimum atomic E-state index is -0.373. The summed E-state index contributed by atoms with van der Waals surface area (Å²) in [5.74, 6) is 0.390. The topological polar surface area (TPSA) is 126 Å². The van der Waals surface area contributed by atoms with Crippen molar-refractivity contribution in [2.24, 2.45) is 0 Å². The quantitative estimate of drug-likeness (QED) is 0.442. The molecule has 11 nitrogen and oxygen atoms in total. The summed E-state index contributed by atoms with van der Waals surface area (Å²) in [6.45, 7) is 1.52. The lowest BCUT2D eigenvalue weighted by atomic mass is 10.1. The van der Waals surface area contributed by atoms with Gasteiger partial charge in [-0.25, -0.2) is 5.01 Å². The van der Waals surface area contributed by atoms with Gasteiger partial charge in [0, 0.05) is 30.8 Å². The van der Waals surface area contributed by atoms with Crippen molar-refractivity contribution in [3.63, 3.8) is 0 Å². The van der Waals surface area contributed by atoms with Gasteiger partial charge in [-0.2, -0.15) is 19.6 Å². The molecule has 1 saturated carbocycles. The number of ether oxygens (including phenoxy) is 1. The normalized spacial score (nSPS) is 23.5. The number of carbonyl (C=O) groups excluding carboxylic acids is 2. The predicted octanol–water partition coefficient (Wildman–Crippen LogP) is 0.566. The number of fused-ring (bicyclic) bond motifs is 1. The van der Waals surface area contributed by atoms with Crippen molar-refractivity contribution in [1.82, 2.24) is 29.9 Å². The molecule has 30 heavy (non-hydrogen) atoms. The second-order valence-corrected chi connectivity index (χ2v) is 7.90. The number of carbonyl (C=O) groups is 2. The third-order valence-electron chi connectivity index (χ3n) is 5.51. The molecule has 2 amide bonds. The maximum Gasteiger partial charge on any atom is 0.254 e. The van der Waals surface area contributed by atoms with Crippen LogP contribution >= 0.6 is 0 Å². The van der Waals surface area contributed by atoms with Gasteiger partial charge in [0.15, 0.2) is 5.65 Å². The summed E-state index contributed by atoms with van der Waals surface area (Å²) in [4.78, 5) is 32.8. The van der Waals surface area contributed by atoms with E-state index in [1.165, 1.54) is 0 Å². The summed E-state index contributed by atoms with van der Waals surface area (Å²) in [7, 11) is 1.70. The number of anilines is 2. The average molecular weight is 412 g/mol. The molecule has 2 aromatic rings. The van der Waals surface area contributed by atoms with Crippen LogP contribution in [0.5, 0.6) is 0 Å². The molecule has 3 fully saturated rings. The number of aromatic nitrogens is 4. The molecule has 1 aliphatic carbocycles. The van der Waals surface area contributed by atoms with Gasteiger partial charge in [-0.3, -0.25) is 20.3 Å². The first kappa shape index (κ1) is 18.9. The number of rotatable bonds is 7. The van der Waals surface area contributed by atoms with Gasteiger partial charge in [0.1, 0.15) is 0 Å². The molecule has 11 heteroatoms. The molecule has 2 aromatic heterocycles. The molecule has 0 radical (unpaired) electrons. The third kappa shape index (κ3) is 3.73. The van der Waals surface area contributed by atoms with Crippen molar-refractivity contribution in [2.45, 2.75) is 44.2 Å². The molecule has 158 valence electrons. The van der Waals surface area contributed by atoms with Gasteiger partial charge in [-0.1, -0.05) is 0 Å². The van der Waals surface area contributed by atoms with E-state index in [0.29, 0.717) is 41.3 Å². The molecule has 0 unspecified atom stereocenters. The standard InChI is InChI=1S/C19H24N8O3/c1-30-10-14-3-2-6-26(14)25-18-23-16-12(7-11-8-15(28)22-17(11)29)9-20-27(16)19(24-18)21-13-4-5-13/h7,9,13-14H,2-6,8,10H2,1H3,(H,22,28,29)(H2,21,23,24,25)/b11-7+/t14-/m1/s1. The van der Waals surface area contributed by atoms with Crippen molar-refractivity contribution in [3.8, 4) is 0 Å². The lowest BCUT2D eigenvalue weighted by Crippen LogP contribution is -2.38. The Labute approximate surface area is 172 Å². The van der Waals surface area contributed by atoms with Gasteiger partial charge in [-0.15, -0.1) is 0 Å². The Balaban J connectivity index is 1.50. The molecule has 3 aliphatic rings. The van der Waals surface area contributed by atoms with Gasteiger partial charge >= 0.3 is 0 Å². The first-order valence-electron chi connectivity index (χ1n) is 10.2. The number of nitrogens with zero attached hydrogens (tertiary/aromatic N) is 5. The van der Waals surface area contributed by atoms with Crippen LogP contribution in [0.15, 0.2) is 11.8 Å². The highest BCUT2D eigenvalue weighted by Gasteiger charge is 2.28. The lowest BCUT2D eigenvalue weighted by molar-refractivity contribution is -0.124. The largest absolute Gasteiger partial charge is 0.383 e. The fraction of sp³-hybridized carbons (Fsp3) is 0.526. The van der Waals surface area contributed by atoms with E-state index < -0.39 is 0 Å². The highest BCUT2D eigenvalue weighted by Crippen LogP contribution is 2.27. The van der Waals surface area contributed by atoms with E-state index >= 15 is 0 Å². The molecule has 2 saturated heterocycles. The zero-order valence-electron chi connectivity index (χ0n) is 16.7. The molecular weight excluding hydrogens is 388 g/mol. The molecule has 3 N–H and O–H groups in total. The van der Waals surface area contributed by atoms with Gasteiger partial charge in [0.2, 0.25) is 17.8 Å². The number of hydrazine groups is 1. The van der Waals surface area contributed by atoms with Crippen molar-refractivity contribution >= 4 is 35.4 Å². The summed E-state index contributed by atoms with van der Waals surface area (Å²) >= 11 is 0. The smallest absolute Gasteiger partial charge is 0.254 e. The van der Waals surface area contributed by atoms with Crippen molar-refractivity contribution < 1.29 is 14.3 Å². The van der Waals surface area contributed by atoms with Gasteiger partial charge < -0.3 is 10.1 Å². The van der Waals surface area contributed by atoms with Crippen LogP contribution in [0.4, 0.5) is 11.9 Å². The Morgan fingerprint density at radius 3 is 2.90 bits per heavy atom. The summed E-state index contributed by atoms with van der Waals surface area (Å²) in [6, 6.07) is 0.641. The van der Waals surface area contributed by atoms with E-state index in [4.69, 9.17) is 4.74 Å². The van der Waals surface area contributed by atoms with Crippen LogP contribution in [0.3, 0.4) is 0 Å². The zero-order chi connectivity index (χ0) is 20.7. The van der Waals surface area contributed by atoms with Crippen LogP contribution in [0.1, 0.15) is 37.7 Å². The Hall–Kier alpha value is -3.05. The number of nitrogens with one attached hydrogen (secondary N) is 3. The third-order valence-corrected chi connectivity index (χ3v) is 5.51. The molecule has 0 aromatic carbocycles. The molecule has 0 bridgehead atoms. The molecule has 2 aliphatic heterocycles. The van der Waals surface area contributed by atoms with E-state index in [-0.39, 0.29) is 24.3 Å². The van der Waals surface area contributed by atoms with E-state index in [2.05, 4.69) is 36.1 Å². The highest BCUT2D eigenvalue weighted by atomic mass is 16.5. The number of hydrogen-bond acceptors (Lipinski definition) is 9. The van der Waals surface area contributed by atoms with Gasteiger partial charge in [0.05, 0.1) is 25.3 Å². The van der Waals surface area contributed by atoms with Crippen LogP contribution in [0.2, 0.25) is 0 Å². The van der Waals surface area contributed by atoms with Gasteiger partial charge in [0.25, 0.3) is 5.91 Å². The number of imide groups is 1. The first-order chi connectivity index (χ1) is 14.6. The van der Waals surface area contributed by atoms with Crippen LogP contribution in [-0.4, -0.2) is 68.8 Å². The SMILES string of the molecule is COC[C@H]1CCCN1Nc1nc(NC2CC2)n2ncc(/C=C3\CC(=O)NC3=O)c2n1. The molecule has 1 atom stereocenters. The van der Waals surface area contributed by atoms with Crippen molar-refractivity contribution in [1.29, 1.82) is 0 Å². The minimum Gasteiger partial charge on any atom is -0.383 e. The number of hydrogen-bond donors (Lipinski definition) is 3. The first-order valence-corrected chi connectivity index (χ1v) is 10.2. The average Bonchev–Trinajstić information content (AvgIpc) is 3.12. The van der Waals surface area contributed by atoms with E-state index in [9.17, 15) is 9.59 Å². The summed E-state index contributed by atoms with van der Waals surface area (Å²) < 4.78 is 6.97. The Morgan fingerprint density at radius 2 is 2.17 bits per heavy atom. The molecule has 4 heterocycles. The van der Waals surface area contributed by atoms with Crippen molar-refractivity contribution in [2.75, 3.05) is 31.0 Å². The Kier molecular flexibility index (Phi) is 4.83. The maximum absolute atomic E-state index is 12.0. The highest BCUT2D eigenvalue weighted by molar-refractivity contribution is 6.15. The van der Waals surface area contributed by atoms with Gasteiger partial charge in [-0.05, 0) is 31.8 Å². The Morgan fingerprint density at radius 1 is 1.30 bits per heavy atom. The van der Waals surface area contributed by atoms with Crippen LogP contribution < -0.4 is 16.1 Å². The van der Waals surface area contributed by atoms with Crippen molar-refractivity contribution in [3.05, 3.63) is 17.3 Å². The lowest BCUT2D eigenvalue weighted by Gasteiger charge is -2.24. The predicted molar refractivity (Wildman–Crippen MR) is 108 cm³/mol. The maximum atomic E-state index is 12.0. The van der Waals surface area contributed by atoms with E-state index in [1.807, 2.05) is 0 Å². The van der Waals surface area contributed by atoms with Crippen LogP contribution in [-0.2, 0) is 14.3 Å². The number of methoxy groups -OCH3 is 1. The monoisotopic (exact) mass is 412 g/mol.